The van der Waals surface area contributed by atoms with Crippen LogP contribution < -0.4 is 0 Å². The number of hydrogen-bond donors (Lipinski definition) is 1. The molecule has 22 heteroatoms. The van der Waals surface area contributed by atoms with Gasteiger partial charge in [-0.05, 0) is 0 Å². The van der Waals surface area contributed by atoms with E-state index in [0.717, 1.165) is 0 Å². The molecule has 0 aliphatic carbocycles. The molecule has 0 amide bonds. The second-order valence-corrected chi connectivity index (χ2v) is 6.40. The minimum atomic E-state index is -8.89. The van der Waals surface area contributed by atoms with Crippen LogP contribution >= 0.6 is 0 Å². The van der Waals surface area contributed by atoms with E-state index in [1.807, 2.05) is 0 Å². The molecule has 1 radical (unpaired) electrons. The average Bonchev–Trinajstić information content (AvgIpc) is 2.43. The summed E-state index contributed by atoms with van der Waals surface area (Å²) < 4.78 is 242. The Balaban J connectivity index is 0. The maximum absolute atomic E-state index is 13.0. The van der Waals surface area contributed by atoms with Gasteiger partial charge in [0.1, 0.15) is 0 Å². The van der Waals surface area contributed by atoms with Crippen LogP contribution in [0.25, 0.3) is 0 Å². The first-order chi connectivity index (χ1) is 12.0. The van der Waals surface area contributed by atoms with Crippen LogP contribution in [-0.4, -0.2) is 59.9 Å². The van der Waals surface area contributed by atoms with Gasteiger partial charge < -0.3 is 0 Å². The Kier molecular flexibility index (Phi) is 7.74. The maximum Gasteiger partial charge on any atom is 3.00 e. The van der Waals surface area contributed by atoms with E-state index in [-0.39, 0.29) is 17.1 Å². The Labute approximate surface area is 162 Å². The Morgan fingerprint density at radius 1 is 0.433 bits per heavy atom. The third-order valence-corrected chi connectivity index (χ3v) is 3.92. The molecule has 0 aromatic carbocycles. The molecule has 0 aromatic heterocycles. The first-order valence-corrected chi connectivity index (χ1v) is 7.12. The smallest absolute Gasteiger partial charge is 0.281 e. The molecule has 0 aliphatic heterocycles. The molecule has 181 valence electrons. The van der Waals surface area contributed by atoms with Gasteiger partial charge >= 0.3 is 74.2 Å². The van der Waals surface area contributed by atoms with Gasteiger partial charge in [-0.3, -0.25) is 4.55 Å². The maximum atomic E-state index is 13.0. The Morgan fingerprint density at radius 3 is 0.833 bits per heavy atom. The largest absolute Gasteiger partial charge is 3.00 e. The van der Waals surface area contributed by atoms with Gasteiger partial charge in [0.15, 0.2) is 0 Å². The summed E-state index contributed by atoms with van der Waals surface area (Å²) in [5.74, 6) is -52.0. The van der Waals surface area contributed by atoms with E-state index in [2.05, 4.69) is 0 Å². The van der Waals surface area contributed by atoms with Gasteiger partial charge in [0.2, 0.25) is 0 Å². The van der Waals surface area contributed by atoms with Crippen molar-refractivity contribution in [3.8, 4) is 0 Å². The van der Waals surface area contributed by atoms with Gasteiger partial charge in [-0.15, -0.1) is 0 Å². The third kappa shape index (κ3) is 3.70. The van der Waals surface area contributed by atoms with Gasteiger partial charge in [0.05, 0.1) is 0 Å². The van der Waals surface area contributed by atoms with Crippen LogP contribution in [0.15, 0.2) is 0 Å². The molecule has 0 aliphatic rings. The molecule has 30 heavy (non-hydrogen) atoms. The number of rotatable bonds is 7. The molecule has 3 nitrogen and oxygen atoms in total. The minimum absolute atomic E-state index is 0. The topological polar surface area (TPSA) is 54.4 Å². The Bertz CT molecular complexity index is 739. The summed E-state index contributed by atoms with van der Waals surface area (Å²) in [6.07, 6.45) is -7.88. The van der Waals surface area contributed by atoms with E-state index in [1.54, 1.807) is 0 Å². The predicted octanol–water partition coefficient (Wildman–Crippen LogP) is 4.84. The first-order valence-electron chi connectivity index (χ1n) is 5.68. The van der Waals surface area contributed by atoms with Crippen molar-refractivity contribution < 1.29 is 105 Å². The standard InChI is InChI=1S/C8HF17O3S.Fe/c9-1(10,3(13,14)5(17,18)7(21,22)23)2(11,12)4(15,16)6(19,20)8(24,25)29(26,27)28;/h(H,26,27,28);/q;+3. The van der Waals surface area contributed by atoms with Gasteiger partial charge in [-0.2, -0.15) is 83.1 Å². The van der Waals surface area contributed by atoms with Crippen LogP contribution in [0.5, 0.6) is 0 Å². The summed E-state index contributed by atoms with van der Waals surface area (Å²) in [7, 11) is -7.89. The summed E-state index contributed by atoms with van der Waals surface area (Å²) in [6, 6.07) is 0. The molecular formula is C8HF17FeO3S+3. The summed E-state index contributed by atoms with van der Waals surface area (Å²) in [5, 5.41) is -7.84. The van der Waals surface area contributed by atoms with Gasteiger partial charge in [0, 0.05) is 0 Å². The molecule has 0 saturated carbocycles. The van der Waals surface area contributed by atoms with Crippen LogP contribution in [0.1, 0.15) is 0 Å². The molecule has 0 heterocycles. The quantitative estimate of drug-likeness (QED) is 0.278. The van der Waals surface area contributed by atoms with E-state index < -0.39 is 57.1 Å². The first kappa shape index (κ1) is 31.4. The van der Waals surface area contributed by atoms with Crippen molar-refractivity contribution >= 4 is 10.1 Å². The molecule has 0 unspecified atom stereocenters. The SMILES string of the molecule is O=S(=O)(O)C(F)(F)C(F)(F)C(F)(F)C(F)(F)C(F)(F)C(F)(F)C(F)(F)C(F)(F)F.[Fe+3]. The fourth-order valence-corrected chi connectivity index (χ4v) is 1.76. The van der Waals surface area contributed by atoms with E-state index in [0.29, 0.717) is 0 Å². The van der Waals surface area contributed by atoms with Crippen LogP contribution in [-0.2, 0) is 27.2 Å². The van der Waals surface area contributed by atoms with Crippen LogP contribution in [0.3, 0.4) is 0 Å². The van der Waals surface area contributed by atoms with Crippen molar-refractivity contribution in [2.45, 2.75) is 47.0 Å². The Morgan fingerprint density at radius 2 is 0.633 bits per heavy atom. The molecule has 0 rings (SSSR count). The van der Waals surface area contributed by atoms with Gasteiger partial charge in [-0.25, -0.2) is 0 Å². The van der Waals surface area contributed by atoms with Crippen molar-refractivity contribution in [3.63, 3.8) is 0 Å². The van der Waals surface area contributed by atoms with E-state index >= 15 is 0 Å². The second kappa shape index (κ2) is 7.39. The number of halogens is 17. The van der Waals surface area contributed by atoms with Gasteiger partial charge in [0.25, 0.3) is 0 Å². The summed E-state index contributed by atoms with van der Waals surface area (Å²) in [5.41, 5.74) is 0. The fraction of sp³-hybridized carbons (Fsp3) is 1.00. The van der Waals surface area contributed by atoms with Crippen molar-refractivity contribution in [1.82, 2.24) is 0 Å². The minimum Gasteiger partial charge on any atom is -0.281 e. The second-order valence-electron chi connectivity index (χ2n) is 4.94. The Hall–Kier alpha value is -0.761. The zero-order valence-corrected chi connectivity index (χ0v) is 14.4. The zero-order chi connectivity index (χ0) is 24.5. The van der Waals surface area contributed by atoms with E-state index in [4.69, 9.17) is 4.55 Å². The molecule has 0 fully saturated rings. The van der Waals surface area contributed by atoms with Crippen molar-refractivity contribution in [3.05, 3.63) is 0 Å². The van der Waals surface area contributed by atoms with E-state index in [9.17, 15) is 83.1 Å². The van der Waals surface area contributed by atoms with Crippen molar-refractivity contribution in [2.24, 2.45) is 0 Å². The zero-order valence-electron chi connectivity index (χ0n) is 12.5. The van der Waals surface area contributed by atoms with Crippen LogP contribution in [0.2, 0.25) is 0 Å². The van der Waals surface area contributed by atoms with Crippen LogP contribution in [0.4, 0.5) is 74.6 Å². The normalized spacial score (nSPS) is 16.3. The molecule has 0 atom stereocenters. The monoisotopic (exact) mass is 556 g/mol. The van der Waals surface area contributed by atoms with E-state index in [1.165, 1.54) is 0 Å². The fourth-order valence-electron chi connectivity index (χ4n) is 1.31. The van der Waals surface area contributed by atoms with Crippen LogP contribution in [0, 0.1) is 0 Å². The van der Waals surface area contributed by atoms with Crippen molar-refractivity contribution in [2.75, 3.05) is 0 Å². The summed E-state index contributed by atoms with van der Waals surface area (Å²) >= 11 is 0. The molecule has 0 aromatic rings. The number of alkyl halides is 17. The summed E-state index contributed by atoms with van der Waals surface area (Å²) in [4.78, 5) is 0. The third-order valence-electron chi connectivity index (χ3n) is 3.02. The molecular weight excluding hydrogens is 555 g/mol. The molecule has 1 N–H and O–H groups in total. The predicted molar refractivity (Wildman–Crippen MR) is 52.2 cm³/mol. The molecule has 0 spiro atoms. The number of hydrogen-bond acceptors (Lipinski definition) is 2. The molecule has 0 saturated heterocycles. The molecule has 0 bridgehead atoms. The van der Waals surface area contributed by atoms with Crippen molar-refractivity contribution in [1.29, 1.82) is 0 Å². The van der Waals surface area contributed by atoms with Gasteiger partial charge in [-0.1, -0.05) is 0 Å². The average molecular weight is 556 g/mol. The summed E-state index contributed by atoms with van der Waals surface area (Å²) in [6.45, 7) is 0.